The molecule has 3 nitrogen and oxygen atoms in total. The van der Waals surface area contributed by atoms with Crippen LogP contribution in [0, 0.1) is 5.82 Å². The molecule has 2 aromatic rings. The lowest BCUT2D eigenvalue weighted by Gasteiger charge is -2.17. The molecule has 0 unspecified atom stereocenters. The molecule has 1 fully saturated rings. The lowest BCUT2D eigenvalue weighted by molar-refractivity contribution is 0.366. The van der Waals surface area contributed by atoms with Crippen molar-refractivity contribution in [3.05, 3.63) is 34.4 Å². The summed E-state index contributed by atoms with van der Waals surface area (Å²) in [6.07, 6.45) is 5.85. The van der Waals surface area contributed by atoms with E-state index in [1.807, 2.05) is 0 Å². The first-order valence-corrected chi connectivity index (χ1v) is 7.33. The molecule has 0 N–H and O–H groups in total. The molecular formula is C14H14BrFN2O. The Bertz CT molecular complexity index is 579. The van der Waals surface area contributed by atoms with E-state index in [0.717, 1.165) is 12.8 Å². The first-order chi connectivity index (χ1) is 9.25. The minimum atomic E-state index is -0.360. The third-order valence-electron chi connectivity index (χ3n) is 3.58. The van der Waals surface area contributed by atoms with Gasteiger partial charge in [0.05, 0.1) is 10.0 Å². The van der Waals surface area contributed by atoms with Gasteiger partial charge in [-0.3, -0.25) is 0 Å². The molecule has 19 heavy (non-hydrogen) atoms. The van der Waals surface area contributed by atoms with Gasteiger partial charge in [0.2, 0.25) is 5.89 Å². The summed E-state index contributed by atoms with van der Waals surface area (Å²) < 4.78 is 20.0. The number of nitrogens with zero attached hydrogens (tertiary/aromatic N) is 2. The largest absolute Gasteiger partial charge is 0.420 e. The minimum absolute atomic E-state index is 0.263. The van der Waals surface area contributed by atoms with E-state index in [1.54, 1.807) is 18.2 Å². The summed E-state index contributed by atoms with van der Waals surface area (Å²) >= 11 is 3.16. The second kappa shape index (κ2) is 5.41. The standard InChI is InChI=1S/C14H14BrFN2O/c15-11-8-4-7-10(12(11)16)14-18-17-13(19-14)9-5-2-1-3-6-9/h4,7-9H,1-3,5-6H2. The maximum Gasteiger partial charge on any atom is 0.250 e. The Balaban J connectivity index is 1.90. The Hall–Kier alpha value is -1.23. The molecule has 1 aromatic heterocycles. The third-order valence-corrected chi connectivity index (χ3v) is 4.19. The highest BCUT2D eigenvalue weighted by atomic mass is 79.9. The molecule has 0 saturated heterocycles. The fourth-order valence-corrected chi connectivity index (χ4v) is 2.89. The second-order valence-electron chi connectivity index (χ2n) is 4.88. The summed E-state index contributed by atoms with van der Waals surface area (Å²) in [5.74, 6) is 0.889. The van der Waals surface area contributed by atoms with E-state index in [9.17, 15) is 4.39 Å². The summed E-state index contributed by atoms with van der Waals surface area (Å²) in [5.41, 5.74) is 0.351. The van der Waals surface area contributed by atoms with E-state index in [2.05, 4.69) is 26.1 Å². The van der Waals surface area contributed by atoms with Crippen molar-refractivity contribution < 1.29 is 8.81 Å². The highest BCUT2D eigenvalue weighted by Gasteiger charge is 2.22. The highest BCUT2D eigenvalue weighted by molar-refractivity contribution is 9.10. The van der Waals surface area contributed by atoms with Crippen LogP contribution in [0.1, 0.15) is 43.9 Å². The average Bonchev–Trinajstić information content (AvgIpc) is 2.92. The number of hydrogen-bond acceptors (Lipinski definition) is 3. The molecule has 1 aliphatic rings. The van der Waals surface area contributed by atoms with Crippen molar-refractivity contribution in [2.75, 3.05) is 0 Å². The Labute approximate surface area is 119 Å². The van der Waals surface area contributed by atoms with Crippen LogP contribution in [0.2, 0.25) is 0 Å². The molecule has 100 valence electrons. The zero-order valence-electron chi connectivity index (χ0n) is 10.4. The molecule has 1 heterocycles. The van der Waals surface area contributed by atoms with Crippen LogP contribution >= 0.6 is 15.9 Å². The van der Waals surface area contributed by atoms with E-state index in [1.165, 1.54) is 19.3 Å². The van der Waals surface area contributed by atoms with Crippen LogP contribution in [0.5, 0.6) is 0 Å². The predicted molar refractivity (Wildman–Crippen MR) is 73.2 cm³/mol. The van der Waals surface area contributed by atoms with Crippen LogP contribution in [-0.2, 0) is 0 Å². The van der Waals surface area contributed by atoms with Crippen LogP contribution < -0.4 is 0 Å². The number of aromatic nitrogens is 2. The van der Waals surface area contributed by atoms with Gasteiger partial charge in [0, 0.05) is 5.92 Å². The first-order valence-electron chi connectivity index (χ1n) is 6.53. The molecule has 0 aliphatic heterocycles. The summed E-state index contributed by atoms with van der Waals surface area (Å²) in [6.45, 7) is 0. The molecular weight excluding hydrogens is 311 g/mol. The third kappa shape index (κ3) is 2.56. The summed E-state index contributed by atoms with van der Waals surface area (Å²) in [7, 11) is 0. The first kappa shape index (κ1) is 12.8. The van der Waals surface area contributed by atoms with Gasteiger partial charge in [-0.1, -0.05) is 25.3 Å². The van der Waals surface area contributed by atoms with E-state index in [4.69, 9.17) is 4.42 Å². The summed E-state index contributed by atoms with van der Waals surface area (Å²) in [6, 6.07) is 5.06. The zero-order valence-corrected chi connectivity index (χ0v) is 12.0. The molecule has 1 saturated carbocycles. The molecule has 3 rings (SSSR count). The monoisotopic (exact) mass is 324 g/mol. The second-order valence-corrected chi connectivity index (χ2v) is 5.74. The van der Waals surface area contributed by atoms with Gasteiger partial charge in [-0.15, -0.1) is 10.2 Å². The van der Waals surface area contributed by atoms with Crippen LogP contribution in [0.4, 0.5) is 4.39 Å². The van der Waals surface area contributed by atoms with E-state index >= 15 is 0 Å². The average molecular weight is 325 g/mol. The molecule has 0 radical (unpaired) electrons. The normalized spacial score (nSPS) is 16.7. The van der Waals surface area contributed by atoms with Crippen LogP contribution in [-0.4, -0.2) is 10.2 Å². The smallest absolute Gasteiger partial charge is 0.250 e. The van der Waals surface area contributed by atoms with Gasteiger partial charge in [0.25, 0.3) is 5.89 Å². The molecule has 0 spiro atoms. The van der Waals surface area contributed by atoms with Gasteiger partial charge >= 0.3 is 0 Å². The van der Waals surface area contributed by atoms with Gasteiger partial charge in [-0.05, 0) is 40.9 Å². The maximum atomic E-state index is 14.0. The van der Waals surface area contributed by atoms with Crippen molar-refractivity contribution in [3.8, 4) is 11.5 Å². The quantitative estimate of drug-likeness (QED) is 0.804. The summed E-state index contributed by atoms with van der Waals surface area (Å²) in [5, 5.41) is 8.07. The highest BCUT2D eigenvalue weighted by Crippen LogP contribution is 2.34. The number of halogens is 2. The van der Waals surface area contributed by atoms with Crippen molar-refractivity contribution >= 4 is 15.9 Å². The number of hydrogen-bond donors (Lipinski definition) is 0. The van der Waals surface area contributed by atoms with E-state index < -0.39 is 0 Å². The fourth-order valence-electron chi connectivity index (χ4n) is 2.53. The van der Waals surface area contributed by atoms with Crippen LogP contribution in [0.25, 0.3) is 11.5 Å². The lowest BCUT2D eigenvalue weighted by Crippen LogP contribution is -2.04. The van der Waals surface area contributed by atoms with E-state index in [0.29, 0.717) is 21.8 Å². The Morgan fingerprint density at radius 2 is 1.95 bits per heavy atom. The molecule has 1 aliphatic carbocycles. The Kier molecular flexibility index (Phi) is 3.64. The molecule has 1 aromatic carbocycles. The summed E-state index contributed by atoms with van der Waals surface area (Å²) in [4.78, 5) is 0. The van der Waals surface area contributed by atoms with Crippen molar-refractivity contribution in [3.63, 3.8) is 0 Å². The van der Waals surface area contributed by atoms with Gasteiger partial charge in [-0.25, -0.2) is 4.39 Å². The maximum absolute atomic E-state index is 14.0. The SMILES string of the molecule is Fc1c(Br)cccc1-c1nnc(C2CCCCC2)o1. The fraction of sp³-hybridized carbons (Fsp3) is 0.429. The van der Waals surface area contributed by atoms with Gasteiger partial charge in [0.1, 0.15) is 5.82 Å². The molecule has 5 heteroatoms. The Morgan fingerprint density at radius 1 is 1.16 bits per heavy atom. The molecule has 0 amide bonds. The lowest BCUT2D eigenvalue weighted by atomic mass is 9.89. The zero-order chi connectivity index (χ0) is 13.2. The van der Waals surface area contributed by atoms with E-state index in [-0.39, 0.29) is 11.7 Å². The van der Waals surface area contributed by atoms with Crippen molar-refractivity contribution in [2.24, 2.45) is 0 Å². The van der Waals surface area contributed by atoms with Crippen LogP contribution in [0.15, 0.2) is 27.1 Å². The van der Waals surface area contributed by atoms with Crippen molar-refractivity contribution in [2.45, 2.75) is 38.0 Å². The van der Waals surface area contributed by atoms with Gasteiger partial charge in [-0.2, -0.15) is 0 Å². The molecule has 0 bridgehead atoms. The van der Waals surface area contributed by atoms with Gasteiger partial charge in [0.15, 0.2) is 0 Å². The Morgan fingerprint density at radius 3 is 2.74 bits per heavy atom. The number of rotatable bonds is 2. The number of benzene rings is 1. The van der Waals surface area contributed by atoms with Crippen LogP contribution in [0.3, 0.4) is 0 Å². The van der Waals surface area contributed by atoms with Crippen molar-refractivity contribution in [1.82, 2.24) is 10.2 Å². The topological polar surface area (TPSA) is 38.9 Å². The van der Waals surface area contributed by atoms with Gasteiger partial charge < -0.3 is 4.42 Å². The van der Waals surface area contributed by atoms with Crippen molar-refractivity contribution in [1.29, 1.82) is 0 Å². The predicted octanol–water partition coefficient (Wildman–Crippen LogP) is 4.69. The minimum Gasteiger partial charge on any atom is -0.420 e. The molecule has 0 atom stereocenters.